The predicted molar refractivity (Wildman–Crippen MR) is 82.8 cm³/mol. The van der Waals surface area contributed by atoms with E-state index in [9.17, 15) is 4.79 Å². The molecule has 0 radical (unpaired) electrons. The van der Waals surface area contributed by atoms with Gasteiger partial charge >= 0.3 is 0 Å². The molecule has 2 rings (SSSR count). The van der Waals surface area contributed by atoms with E-state index in [1.807, 2.05) is 0 Å². The van der Waals surface area contributed by atoms with Crippen molar-refractivity contribution in [2.75, 3.05) is 46.3 Å². The number of nitrogens with one attached hydrogen (secondary N) is 2. The fraction of sp³-hybridized carbons (Fsp3) is 0.769. The second kappa shape index (κ2) is 11.5. The number of nitrogens with zero attached hydrogens (tertiary/aromatic N) is 5. The van der Waals surface area contributed by atoms with Crippen LogP contribution >= 0.6 is 0 Å². The van der Waals surface area contributed by atoms with Crippen LogP contribution < -0.4 is 5.32 Å². The number of aromatic nitrogens is 4. The number of hydrogen-bond donors (Lipinski definition) is 3. The summed E-state index contributed by atoms with van der Waals surface area (Å²) in [6.07, 6.45) is 2.68. The van der Waals surface area contributed by atoms with Gasteiger partial charge in [-0.3, -0.25) is 14.5 Å². The summed E-state index contributed by atoms with van der Waals surface area (Å²) in [6, 6.07) is 0. The molecule has 1 saturated heterocycles. The van der Waals surface area contributed by atoms with Crippen LogP contribution in [0.3, 0.4) is 0 Å². The van der Waals surface area contributed by atoms with E-state index < -0.39 is 0 Å². The number of tetrazole rings is 1. The van der Waals surface area contributed by atoms with Gasteiger partial charge in [-0.15, -0.1) is 10.2 Å². The molecule has 0 aromatic carbocycles. The first-order chi connectivity index (χ1) is 11.2. The third kappa shape index (κ3) is 8.83. The van der Waals surface area contributed by atoms with E-state index in [4.69, 9.17) is 9.90 Å². The Morgan fingerprint density at radius 1 is 1.39 bits per heavy atom. The maximum atomic E-state index is 11.9. The first-order valence-electron chi connectivity index (χ1n) is 7.63. The van der Waals surface area contributed by atoms with Crippen molar-refractivity contribution in [3.63, 3.8) is 0 Å². The first kappa shape index (κ1) is 19.0. The van der Waals surface area contributed by atoms with Gasteiger partial charge in [-0.1, -0.05) is 5.21 Å². The summed E-state index contributed by atoms with van der Waals surface area (Å²) < 4.78 is 0. The number of likely N-dealkylation sites (N-methyl/N-ethyl adjacent to an activating group) is 1. The van der Waals surface area contributed by atoms with Gasteiger partial charge in [0.25, 0.3) is 6.47 Å². The highest BCUT2D eigenvalue weighted by Gasteiger charge is 2.14. The fourth-order valence-corrected chi connectivity index (χ4v) is 2.28. The summed E-state index contributed by atoms with van der Waals surface area (Å²) in [6.45, 7) is 5.01. The summed E-state index contributed by atoms with van der Waals surface area (Å²) in [4.78, 5) is 24.7. The molecule has 10 heteroatoms. The molecule has 23 heavy (non-hydrogen) atoms. The molecule has 1 amide bonds. The Morgan fingerprint density at radius 2 is 2.17 bits per heavy atom. The van der Waals surface area contributed by atoms with Crippen LogP contribution in [0.2, 0.25) is 0 Å². The number of amides is 1. The predicted octanol–water partition coefficient (Wildman–Crippen LogP) is -1.41. The third-order valence-electron chi connectivity index (χ3n) is 3.47. The lowest BCUT2D eigenvalue weighted by molar-refractivity contribution is -0.123. The monoisotopic (exact) mass is 327 g/mol. The zero-order valence-corrected chi connectivity index (χ0v) is 13.4. The number of carbonyl (C=O) groups excluding carboxylic acids is 1. The van der Waals surface area contributed by atoms with Gasteiger partial charge in [-0.05, 0) is 33.0 Å². The van der Waals surface area contributed by atoms with Crippen LogP contribution in [0.5, 0.6) is 0 Å². The number of H-pyrrole nitrogens is 1. The van der Waals surface area contributed by atoms with Gasteiger partial charge in [0, 0.05) is 26.1 Å². The molecule has 0 bridgehead atoms. The molecule has 1 aromatic rings. The SMILES string of the molecule is CN1CCCN(CC(=O)NCCCc2nn[nH]n2)CC1.O=CO. The van der Waals surface area contributed by atoms with E-state index in [0.29, 0.717) is 18.9 Å². The van der Waals surface area contributed by atoms with Crippen molar-refractivity contribution < 1.29 is 14.7 Å². The highest BCUT2D eigenvalue weighted by molar-refractivity contribution is 5.77. The lowest BCUT2D eigenvalue weighted by Crippen LogP contribution is -2.39. The van der Waals surface area contributed by atoms with Gasteiger partial charge < -0.3 is 15.3 Å². The average molecular weight is 327 g/mol. The third-order valence-corrected chi connectivity index (χ3v) is 3.47. The Kier molecular flexibility index (Phi) is 9.48. The van der Waals surface area contributed by atoms with Gasteiger partial charge in [0.05, 0.1) is 6.54 Å². The minimum atomic E-state index is -0.250. The number of carbonyl (C=O) groups is 2. The van der Waals surface area contributed by atoms with Crippen LogP contribution in [0.1, 0.15) is 18.7 Å². The summed E-state index contributed by atoms with van der Waals surface area (Å²) in [7, 11) is 2.13. The van der Waals surface area contributed by atoms with Gasteiger partial charge in [0.1, 0.15) is 0 Å². The number of rotatable bonds is 6. The standard InChI is InChI=1S/C12H23N7O.CH2O2/c1-18-6-3-7-19(9-8-18)10-12(20)13-5-2-4-11-14-16-17-15-11;2-1-3/h2-10H2,1H3,(H,13,20)(H,14,15,16,17);1H,(H,2,3). The van der Waals surface area contributed by atoms with Crippen LogP contribution in [0.4, 0.5) is 0 Å². The van der Waals surface area contributed by atoms with Gasteiger partial charge in [0.2, 0.25) is 5.91 Å². The van der Waals surface area contributed by atoms with Crippen LogP contribution in [-0.4, -0.2) is 94.2 Å². The molecule has 1 fully saturated rings. The average Bonchev–Trinajstić information content (AvgIpc) is 2.95. The van der Waals surface area contributed by atoms with E-state index in [-0.39, 0.29) is 12.4 Å². The fourth-order valence-electron chi connectivity index (χ4n) is 2.28. The van der Waals surface area contributed by atoms with Gasteiger partial charge in [-0.2, -0.15) is 5.21 Å². The maximum Gasteiger partial charge on any atom is 0.290 e. The van der Waals surface area contributed by atoms with Crippen LogP contribution in [0, 0.1) is 0 Å². The molecule has 10 nitrogen and oxygen atoms in total. The molecule has 3 N–H and O–H groups in total. The number of carboxylic acid groups (broad SMARTS) is 1. The van der Waals surface area contributed by atoms with Crippen molar-refractivity contribution in [3.8, 4) is 0 Å². The van der Waals surface area contributed by atoms with Crippen LogP contribution in [-0.2, 0) is 16.0 Å². The van der Waals surface area contributed by atoms with Crippen LogP contribution in [0.25, 0.3) is 0 Å². The molecule has 1 aliphatic heterocycles. The minimum absolute atomic E-state index is 0.0997. The highest BCUT2D eigenvalue weighted by atomic mass is 16.3. The lowest BCUT2D eigenvalue weighted by atomic mass is 10.3. The molecule has 0 saturated carbocycles. The van der Waals surface area contributed by atoms with Crippen molar-refractivity contribution in [3.05, 3.63) is 5.82 Å². The van der Waals surface area contributed by atoms with Gasteiger partial charge in [-0.25, -0.2) is 0 Å². The molecular weight excluding hydrogens is 302 g/mol. The van der Waals surface area contributed by atoms with Gasteiger partial charge in [0.15, 0.2) is 5.82 Å². The van der Waals surface area contributed by atoms with E-state index in [0.717, 1.165) is 45.4 Å². The second-order valence-electron chi connectivity index (χ2n) is 5.32. The van der Waals surface area contributed by atoms with E-state index in [1.54, 1.807) is 0 Å². The van der Waals surface area contributed by atoms with Crippen molar-refractivity contribution in [2.45, 2.75) is 19.3 Å². The number of aromatic amines is 1. The number of aryl methyl sites for hydroxylation is 1. The topological polar surface area (TPSA) is 127 Å². The molecule has 0 atom stereocenters. The Hall–Kier alpha value is -2.07. The van der Waals surface area contributed by atoms with E-state index in [2.05, 4.69) is 42.8 Å². The minimum Gasteiger partial charge on any atom is -0.483 e. The summed E-state index contributed by atoms with van der Waals surface area (Å²) in [5.74, 6) is 0.789. The Bertz CT molecular complexity index is 441. The maximum absolute atomic E-state index is 11.9. The molecule has 1 aliphatic rings. The van der Waals surface area contributed by atoms with Crippen molar-refractivity contribution in [1.29, 1.82) is 0 Å². The van der Waals surface area contributed by atoms with E-state index in [1.165, 1.54) is 0 Å². The smallest absolute Gasteiger partial charge is 0.290 e. The first-order valence-corrected chi connectivity index (χ1v) is 7.63. The molecule has 0 unspecified atom stereocenters. The Labute approximate surface area is 135 Å². The van der Waals surface area contributed by atoms with Crippen molar-refractivity contribution >= 4 is 12.4 Å². The summed E-state index contributed by atoms with van der Waals surface area (Å²) in [5.41, 5.74) is 0. The van der Waals surface area contributed by atoms with Crippen molar-refractivity contribution in [1.82, 2.24) is 35.7 Å². The van der Waals surface area contributed by atoms with Crippen LogP contribution in [0.15, 0.2) is 0 Å². The zero-order valence-electron chi connectivity index (χ0n) is 13.4. The van der Waals surface area contributed by atoms with Crippen molar-refractivity contribution in [2.24, 2.45) is 0 Å². The summed E-state index contributed by atoms with van der Waals surface area (Å²) in [5, 5.41) is 23.5. The molecule has 0 spiro atoms. The molecule has 130 valence electrons. The highest BCUT2D eigenvalue weighted by Crippen LogP contribution is 2.00. The largest absolute Gasteiger partial charge is 0.483 e. The second-order valence-corrected chi connectivity index (χ2v) is 5.32. The zero-order chi connectivity index (χ0) is 16.9. The molecule has 1 aromatic heterocycles. The quantitative estimate of drug-likeness (QED) is 0.429. The Morgan fingerprint density at radius 3 is 2.87 bits per heavy atom. The molecular formula is C13H25N7O3. The summed E-state index contributed by atoms with van der Waals surface area (Å²) >= 11 is 0. The molecule has 2 heterocycles. The normalized spacial score (nSPS) is 16.0. The number of hydrogen-bond acceptors (Lipinski definition) is 7. The Balaban J connectivity index is 0.000000816. The lowest BCUT2D eigenvalue weighted by Gasteiger charge is -2.19. The molecule has 0 aliphatic carbocycles. The van der Waals surface area contributed by atoms with E-state index >= 15 is 0 Å².